The van der Waals surface area contributed by atoms with Crippen LogP contribution in [0.3, 0.4) is 0 Å². The molecule has 1 fully saturated rings. The molecule has 0 spiro atoms. The average molecular weight is 344 g/mol. The Bertz CT molecular complexity index is 813. The van der Waals surface area contributed by atoms with E-state index in [-0.39, 0.29) is 11.3 Å². The summed E-state index contributed by atoms with van der Waals surface area (Å²) in [6.45, 7) is 1.19. The molecule has 1 N–H and O–H groups in total. The van der Waals surface area contributed by atoms with E-state index in [1.165, 1.54) is 10.5 Å². The smallest absolute Gasteiger partial charge is 0.214 e. The summed E-state index contributed by atoms with van der Waals surface area (Å²) in [4.78, 5) is 4.01. The van der Waals surface area contributed by atoms with Crippen molar-refractivity contribution < 1.29 is 12.8 Å². The van der Waals surface area contributed by atoms with Crippen LogP contribution in [0.15, 0.2) is 24.4 Å². The molecule has 8 heteroatoms. The zero-order valence-corrected chi connectivity index (χ0v) is 13.3. The van der Waals surface area contributed by atoms with Crippen LogP contribution in [0.2, 0.25) is 5.02 Å². The van der Waals surface area contributed by atoms with Gasteiger partial charge in [0.15, 0.2) is 5.82 Å². The molecule has 5 nitrogen and oxygen atoms in total. The van der Waals surface area contributed by atoms with Crippen LogP contribution in [-0.2, 0) is 10.0 Å². The largest absolute Gasteiger partial charge is 0.381 e. The standard InChI is InChI=1S/C14H15ClFN3O2S/c15-11-4-5-18-14-10(11)2-3-12(13(14)16)17-6-8-19-7-1-9-22(19,20)21/h2-5,17H,1,6-9H2. The van der Waals surface area contributed by atoms with Crippen LogP contribution in [0.4, 0.5) is 10.1 Å². The average Bonchev–Trinajstić information content (AvgIpc) is 2.81. The minimum absolute atomic E-state index is 0.194. The highest BCUT2D eigenvalue weighted by Crippen LogP contribution is 2.27. The molecule has 0 saturated carbocycles. The summed E-state index contributed by atoms with van der Waals surface area (Å²) in [7, 11) is -3.12. The Morgan fingerprint density at radius 1 is 1.36 bits per heavy atom. The zero-order valence-electron chi connectivity index (χ0n) is 11.7. The first-order valence-corrected chi connectivity index (χ1v) is 8.92. The van der Waals surface area contributed by atoms with E-state index in [4.69, 9.17) is 11.6 Å². The first kappa shape index (κ1) is 15.5. The fourth-order valence-electron chi connectivity index (χ4n) is 2.54. The lowest BCUT2D eigenvalue weighted by atomic mass is 10.2. The van der Waals surface area contributed by atoms with Gasteiger partial charge in [-0.05, 0) is 24.6 Å². The molecule has 22 heavy (non-hydrogen) atoms. The molecule has 0 atom stereocenters. The second kappa shape index (κ2) is 5.98. The van der Waals surface area contributed by atoms with Gasteiger partial charge in [0.25, 0.3) is 0 Å². The van der Waals surface area contributed by atoms with E-state index >= 15 is 0 Å². The minimum atomic E-state index is -3.12. The third-order valence-corrected chi connectivity index (χ3v) is 5.96. The molecule has 1 aromatic heterocycles. The Morgan fingerprint density at radius 3 is 2.91 bits per heavy atom. The van der Waals surface area contributed by atoms with Crippen LogP contribution in [0, 0.1) is 5.82 Å². The molecule has 2 heterocycles. The van der Waals surface area contributed by atoms with Gasteiger partial charge in [-0.25, -0.2) is 17.1 Å². The number of pyridine rings is 1. The van der Waals surface area contributed by atoms with Crippen LogP contribution in [0.25, 0.3) is 10.9 Å². The molecule has 1 saturated heterocycles. The number of hydrogen-bond acceptors (Lipinski definition) is 4. The number of benzene rings is 1. The number of halogens is 2. The second-order valence-corrected chi connectivity index (χ2v) is 7.61. The SMILES string of the molecule is O=S1(=O)CCCN1CCNc1ccc2c(Cl)ccnc2c1F. The molecule has 0 aliphatic carbocycles. The maximum atomic E-state index is 14.4. The number of rotatable bonds is 4. The van der Waals surface area contributed by atoms with Crippen LogP contribution < -0.4 is 5.32 Å². The van der Waals surface area contributed by atoms with Crippen LogP contribution in [0.1, 0.15) is 6.42 Å². The van der Waals surface area contributed by atoms with E-state index in [0.29, 0.717) is 42.2 Å². The van der Waals surface area contributed by atoms with Crippen molar-refractivity contribution in [3.8, 4) is 0 Å². The van der Waals surface area contributed by atoms with Gasteiger partial charge in [-0.1, -0.05) is 11.6 Å². The van der Waals surface area contributed by atoms with Crippen LogP contribution >= 0.6 is 11.6 Å². The monoisotopic (exact) mass is 343 g/mol. The molecule has 0 radical (unpaired) electrons. The molecular formula is C14H15ClFN3O2S. The Kier molecular flexibility index (Phi) is 4.20. The van der Waals surface area contributed by atoms with Gasteiger partial charge >= 0.3 is 0 Å². The van der Waals surface area contributed by atoms with Gasteiger partial charge < -0.3 is 5.32 Å². The van der Waals surface area contributed by atoms with Gasteiger partial charge in [0.05, 0.1) is 16.5 Å². The fraction of sp³-hybridized carbons (Fsp3) is 0.357. The molecule has 1 aliphatic heterocycles. The highest BCUT2D eigenvalue weighted by molar-refractivity contribution is 7.89. The van der Waals surface area contributed by atoms with Crippen molar-refractivity contribution in [1.29, 1.82) is 0 Å². The molecule has 0 unspecified atom stereocenters. The van der Waals surface area contributed by atoms with E-state index in [9.17, 15) is 12.8 Å². The van der Waals surface area contributed by atoms with Gasteiger partial charge in [-0.15, -0.1) is 0 Å². The van der Waals surface area contributed by atoms with Crippen molar-refractivity contribution in [2.45, 2.75) is 6.42 Å². The van der Waals surface area contributed by atoms with Crippen molar-refractivity contribution in [2.75, 3.05) is 30.7 Å². The number of sulfonamides is 1. The third-order valence-electron chi connectivity index (χ3n) is 3.68. The van der Waals surface area contributed by atoms with Gasteiger partial charge in [0, 0.05) is 31.2 Å². The maximum Gasteiger partial charge on any atom is 0.214 e. The summed E-state index contributed by atoms with van der Waals surface area (Å²) in [5.41, 5.74) is 0.491. The Balaban J connectivity index is 1.73. The molecule has 118 valence electrons. The Morgan fingerprint density at radius 2 is 2.18 bits per heavy atom. The van der Waals surface area contributed by atoms with Crippen molar-refractivity contribution in [3.63, 3.8) is 0 Å². The van der Waals surface area contributed by atoms with Gasteiger partial charge in [-0.3, -0.25) is 4.98 Å². The van der Waals surface area contributed by atoms with Crippen LogP contribution in [0.5, 0.6) is 0 Å². The van der Waals surface area contributed by atoms with E-state index in [1.807, 2.05) is 0 Å². The molecular weight excluding hydrogens is 329 g/mol. The lowest BCUT2D eigenvalue weighted by molar-refractivity contribution is 0.456. The van der Waals surface area contributed by atoms with Crippen molar-refractivity contribution in [2.24, 2.45) is 0 Å². The van der Waals surface area contributed by atoms with Gasteiger partial charge in [-0.2, -0.15) is 0 Å². The predicted octanol–water partition coefficient (Wildman–Crippen LogP) is 2.47. The Labute approximate surface area is 133 Å². The van der Waals surface area contributed by atoms with Crippen molar-refractivity contribution in [3.05, 3.63) is 35.2 Å². The lowest BCUT2D eigenvalue weighted by Crippen LogP contribution is -2.30. The molecule has 3 rings (SSSR count). The normalized spacial score (nSPS) is 17.9. The molecule has 0 bridgehead atoms. The minimum Gasteiger partial charge on any atom is -0.381 e. The van der Waals surface area contributed by atoms with Crippen LogP contribution in [-0.4, -0.2) is 43.1 Å². The summed E-state index contributed by atoms with van der Waals surface area (Å²) in [6.07, 6.45) is 2.10. The summed E-state index contributed by atoms with van der Waals surface area (Å²) < 4.78 is 39.2. The van der Waals surface area contributed by atoms with E-state index in [2.05, 4.69) is 10.3 Å². The lowest BCUT2D eigenvalue weighted by Gasteiger charge is -2.15. The third kappa shape index (κ3) is 2.88. The second-order valence-electron chi connectivity index (χ2n) is 5.11. The molecule has 2 aromatic rings. The summed E-state index contributed by atoms with van der Waals surface area (Å²) in [5.74, 6) is -0.288. The number of aromatic nitrogens is 1. The number of nitrogens with one attached hydrogen (secondary N) is 1. The number of nitrogens with zero attached hydrogens (tertiary/aromatic N) is 2. The topological polar surface area (TPSA) is 62.3 Å². The predicted molar refractivity (Wildman–Crippen MR) is 85.2 cm³/mol. The quantitative estimate of drug-likeness (QED) is 0.926. The van der Waals surface area contributed by atoms with E-state index < -0.39 is 15.8 Å². The number of fused-ring (bicyclic) bond motifs is 1. The number of anilines is 1. The maximum absolute atomic E-state index is 14.4. The highest BCUT2D eigenvalue weighted by atomic mass is 35.5. The molecule has 1 aromatic carbocycles. The molecule has 0 amide bonds. The molecule has 1 aliphatic rings. The van der Waals surface area contributed by atoms with Gasteiger partial charge in [0.2, 0.25) is 10.0 Å². The van der Waals surface area contributed by atoms with Gasteiger partial charge in [0.1, 0.15) is 5.52 Å². The fourth-order valence-corrected chi connectivity index (χ4v) is 4.28. The summed E-state index contributed by atoms with van der Waals surface area (Å²) >= 11 is 6.00. The van der Waals surface area contributed by atoms with E-state index in [0.717, 1.165) is 0 Å². The van der Waals surface area contributed by atoms with Crippen molar-refractivity contribution >= 4 is 38.2 Å². The highest BCUT2D eigenvalue weighted by Gasteiger charge is 2.27. The first-order chi connectivity index (χ1) is 10.5. The van der Waals surface area contributed by atoms with E-state index in [1.54, 1.807) is 18.2 Å². The summed E-state index contributed by atoms with van der Waals surface area (Å²) in [5, 5.41) is 3.92. The zero-order chi connectivity index (χ0) is 15.7. The first-order valence-electron chi connectivity index (χ1n) is 6.93. The number of hydrogen-bond donors (Lipinski definition) is 1. The Hall–Kier alpha value is -1.44. The summed E-state index contributed by atoms with van der Waals surface area (Å²) in [6, 6.07) is 4.89. The van der Waals surface area contributed by atoms with Crippen molar-refractivity contribution in [1.82, 2.24) is 9.29 Å².